The summed E-state index contributed by atoms with van der Waals surface area (Å²) in [5.74, 6) is 0.0902. The average Bonchev–Trinajstić information content (AvgIpc) is 3.38. The van der Waals surface area contributed by atoms with E-state index < -0.39 is 24.3 Å². The first-order valence-electron chi connectivity index (χ1n) is 11.5. The highest BCUT2D eigenvalue weighted by molar-refractivity contribution is 7.14. The van der Waals surface area contributed by atoms with Gasteiger partial charge >= 0.3 is 6.18 Å². The van der Waals surface area contributed by atoms with Crippen molar-refractivity contribution in [3.63, 3.8) is 0 Å². The molecule has 11 heteroatoms. The molecule has 4 rings (SSSR count). The number of ether oxygens (including phenoxy) is 2. The Hall–Kier alpha value is -4.38. The molecule has 0 atom stereocenters. The fourth-order valence-electron chi connectivity index (χ4n) is 3.33. The van der Waals surface area contributed by atoms with Crippen LogP contribution in [0.2, 0.25) is 0 Å². The zero-order valence-electron chi connectivity index (χ0n) is 20.2. The second kappa shape index (κ2) is 12.2. The number of anilines is 2. The van der Waals surface area contributed by atoms with Gasteiger partial charge in [0.05, 0.1) is 24.1 Å². The Morgan fingerprint density at radius 2 is 1.84 bits per heavy atom. The molecule has 0 fully saturated rings. The predicted octanol–water partition coefficient (Wildman–Crippen LogP) is 6.69. The van der Waals surface area contributed by atoms with E-state index in [1.165, 1.54) is 23.5 Å². The molecule has 2 N–H and O–H groups in total. The summed E-state index contributed by atoms with van der Waals surface area (Å²) in [6, 6.07) is 19.2. The first kappa shape index (κ1) is 26.7. The molecule has 0 saturated heterocycles. The van der Waals surface area contributed by atoms with Crippen LogP contribution in [0.1, 0.15) is 18.1 Å². The third-order valence-electron chi connectivity index (χ3n) is 5.05. The molecule has 3 aromatic carbocycles. The number of hydrogen-bond donors (Lipinski definition) is 2. The van der Waals surface area contributed by atoms with Gasteiger partial charge in [0.15, 0.2) is 18.1 Å². The van der Waals surface area contributed by atoms with Crippen LogP contribution in [0, 0.1) is 0 Å². The van der Waals surface area contributed by atoms with E-state index in [4.69, 9.17) is 9.47 Å². The van der Waals surface area contributed by atoms with E-state index in [1.54, 1.807) is 31.3 Å². The Kier molecular flexibility index (Phi) is 8.59. The van der Waals surface area contributed by atoms with Crippen LogP contribution >= 0.6 is 11.3 Å². The number of amides is 1. The maximum atomic E-state index is 12.9. The zero-order valence-corrected chi connectivity index (χ0v) is 21.0. The number of carbonyl (C=O) groups is 1. The van der Waals surface area contributed by atoms with Gasteiger partial charge in [-0.1, -0.05) is 36.4 Å². The first-order valence-corrected chi connectivity index (χ1v) is 12.4. The summed E-state index contributed by atoms with van der Waals surface area (Å²) in [5, 5.41) is 9.21. The summed E-state index contributed by atoms with van der Waals surface area (Å²) in [6.07, 6.45) is -2.91. The largest absolute Gasteiger partial charge is 0.490 e. The van der Waals surface area contributed by atoms with Gasteiger partial charge in [0, 0.05) is 16.6 Å². The van der Waals surface area contributed by atoms with Gasteiger partial charge in [-0.3, -0.25) is 10.2 Å². The minimum absolute atomic E-state index is 0.0219. The van der Waals surface area contributed by atoms with Gasteiger partial charge in [-0.25, -0.2) is 4.98 Å². The van der Waals surface area contributed by atoms with Gasteiger partial charge in [-0.05, 0) is 48.9 Å². The number of nitrogens with one attached hydrogen (secondary N) is 2. The van der Waals surface area contributed by atoms with Crippen molar-refractivity contribution < 1.29 is 27.4 Å². The highest BCUT2D eigenvalue weighted by Gasteiger charge is 2.30. The second-order valence-electron chi connectivity index (χ2n) is 7.83. The van der Waals surface area contributed by atoms with Crippen LogP contribution in [0.15, 0.2) is 83.3 Å². The summed E-state index contributed by atoms with van der Waals surface area (Å²) in [7, 11) is 0. The van der Waals surface area contributed by atoms with Crippen molar-refractivity contribution in [2.75, 3.05) is 24.0 Å². The van der Waals surface area contributed by atoms with Crippen molar-refractivity contribution in [2.45, 2.75) is 13.1 Å². The molecule has 38 heavy (non-hydrogen) atoms. The lowest BCUT2D eigenvalue weighted by atomic mass is 10.2. The standard InChI is InChI=1S/C27H23F3N4O3S/c1-2-36-24-13-18(15-31-34-26-33-22(17-38-26)19-7-4-3-5-8-19)11-12-23(24)37-16-25(35)32-21-10-6-9-20(14-21)27(28,29)30/h3-15,17H,2,16H2,1H3,(H,32,35)(H,33,34). The minimum Gasteiger partial charge on any atom is -0.490 e. The van der Waals surface area contributed by atoms with Gasteiger partial charge in [0.25, 0.3) is 5.91 Å². The molecule has 1 heterocycles. The number of rotatable bonds is 10. The van der Waals surface area contributed by atoms with Crippen molar-refractivity contribution in [1.29, 1.82) is 0 Å². The van der Waals surface area contributed by atoms with E-state index in [2.05, 4.69) is 20.8 Å². The molecule has 1 aromatic heterocycles. The van der Waals surface area contributed by atoms with Crippen molar-refractivity contribution in [3.05, 3.63) is 89.3 Å². The summed E-state index contributed by atoms with van der Waals surface area (Å²) in [4.78, 5) is 16.8. The molecule has 0 bridgehead atoms. The molecule has 0 spiro atoms. The smallest absolute Gasteiger partial charge is 0.416 e. The van der Waals surface area contributed by atoms with Gasteiger partial charge < -0.3 is 14.8 Å². The lowest BCUT2D eigenvalue weighted by Crippen LogP contribution is -2.20. The number of benzene rings is 3. The van der Waals surface area contributed by atoms with E-state index in [0.717, 1.165) is 23.4 Å². The normalized spacial score (nSPS) is 11.4. The first-order chi connectivity index (χ1) is 18.3. The maximum Gasteiger partial charge on any atom is 0.416 e. The Morgan fingerprint density at radius 3 is 2.61 bits per heavy atom. The molecule has 0 unspecified atom stereocenters. The Morgan fingerprint density at radius 1 is 1.03 bits per heavy atom. The number of carbonyl (C=O) groups excluding carboxylic acids is 1. The fourth-order valence-corrected chi connectivity index (χ4v) is 4.00. The number of alkyl halides is 3. The number of thiazole rings is 1. The highest BCUT2D eigenvalue weighted by atomic mass is 32.1. The summed E-state index contributed by atoms with van der Waals surface area (Å²) in [6.45, 7) is 1.74. The van der Waals surface area contributed by atoms with Gasteiger partial charge in [0.2, 0.25) is 5.13 Å². The van der Waals surface area contributed by atoms with Crippen LogP contribution in [0.3, 0.4) is 0 Å². The van der Waals surface area contributed by atoms with Crippen LogP contribution in [-0.2, 0) is 11.0 Å². The molecule has 0 radical (unpaired) electrons. The van der Waals surface area contributed by atoms with Crippen molar-refractivity contribution in [3.8, 4) is 22.8 Å². The monoisotopic (exact) mass is 540 g/mol. The third-order valence-corrected chi connectivity index (χ3v) is 5.79. The van der Waals surface area contributed by atoms with Crippen molar-refractivity contribution >= 4 is 34.3 Å². The van der Waals surface area contributed by atoms with E-state index in [0.29, 0.717) is 28.8 Å². The Labute approximate surface area is 221 Å². The SMILES string of the molecule is CCOc1cc(C=NNc2nc(-c3ccccc3)cs2)ccc1OCC(=O)Nc1cccc(C(F)(F)F)c1. The quantitative estimate of drug-likeness (QED) is 0.173. The number of nitrogens with zero attached hydrogens (tertiary/aromatic N) is 2. The number of hydrazone groups is 1. The lowest BCUT2D eigenvalue weighted by Gasteiger charge is -2.13. The molecule has 0 aliphatic carbocycles. The lowest BCUT2D eigenvalue weighted by molar-refractivity contribution is -0.137. The summed E-state index contributed by atoms with van der Waals surface area (Å²) < 4.78 is 49.9. The molecule has 4 aromatic rings. The molecule has 0 aliphatic rings. The molecule has 196 valence electrons. The van der Waals surface area contributed by atoms with Gasteiger partial charge in [0.1, 0.15) is 0 Å². The zero-order chi connectivity index (χ0) is 27.0. The molecule has 1 amide bonds. The highest BCUT2D eigenvalue weighted by Crippen LogP contribution is 2.31. The van der Waals surface area contributed by atoms with Crippen LogP contribution in [-0.4, -0.2) is 30.3 Å². The van der Waals surface area contributed by atoms with Crippen molar-refractivity contribution in [1.82, 2.24) is 4.98 Å². The maximum absolute atomic E-state index is 12.9. The number of halogens is 3. The van der Waals surface area contributed by atoms with E-state index >= 15 is 0 Å². The fraction of sp³-hybridized carbons (Fsp3) is 0.148. The van der Waals surface area contributed by atoms with Crippen LogP contribution < -0.4 is 20.2 Å². The Bertz CT molecular complexity index is 1410. The number of hydrogen-bond acceptors (Lipinski definition) is 7. The molecule has 7 nitrogen and oxygen atoms in total. The predicted molar refractivity (Wildman–Crippen MR) is 142 cm³/mol. The molecule has 0 saturated carbocycles. The van der Waals surface area contributed by atoms with E-state index in [9.17, 15) is 18.0 Å². The van der Waals surface area contributed by atoms with Gasteiger partial charge in [-0.15, -0.1) is 11.3 Å². The average molecular weight is 541 g/mol. The second-order valence-corrected chi connectivity index (χ2v) is 8.69. The molecular formula is C27H23F3N4O3S. The van der Waals surface area contributed by atoms with Crippen LogP contribution in [0.25, 0.3) is 11.3 Å². The number of aromatic nitrogens is 1. The minimum atomic E-state index is -4.50. The van der Waals surface area contributed by atoms with E-state index in [-0.39, 0.29) is 5.69 Å². The third kappa shape index (κ3) is 7.32. The Balaban J connectivity index is 1.35. The van der Waals surface area contributed by atoms with Crippen LogP contribution in [0.5, 0.6) is 11.5 Å². The summed E-state index contributed by atoms with van der Waals surface area (Å²) >= 11 is 1.43. The molecule has 0 aliphatic heterocycles. The topological polar surface area (TPSA) is 84.8 Å². The summed E-state index contributed by atoms with van der Waals surface area (Å²) in [5.41, 5.74) is 4.65. The van der Waals surface area contributed by atoms with Gasteiger partial charge in [-0.2, -0.15) is 18.3 Å². The van der Waals surface area contributed by atoms with E-state index in [1.807, 2.05) is 35.7 Å². The molecular weight excluding hydrogens is 517 g/mol. The van der Waals surface area contributed by atoms with Crippen LogP contribution in [0.4, 0.5) is 24.0 Å². The van der Waals surface area contributed by atoms with Crippen molar-refractivity contribution in [2.24, 2.45) is 5.10 Å².